The molecule has 0 aliphatic carbocycles. The fraction of sp³-hybridized carbons (Fsp3) is 0.290. The number of aromatic nitrogens is 2. The Labute approximate surface area is 221 Å². The van der Waals surface area contributed by atoms with Crippen molar-refractivity contribution in [2.45, 2.75) is 50.5 Å². The van der Waals surface area contributed by atoms with Crippen molar-refractivity contribution in [1.29, 1.82) is 0 Å². The first-order valence-electron chi connectivity index (χ1n) is 12.7. The highest BCUT2D eigenvalue weighted by Crippen LogP contribution is 2.57. The minimum atomic E-state index is -1.56. The monoisotopic (exact) mass is 512 g/mol. The molecule has 3 N–H and O–H groups in total. The summed E-state index contributed by atoms with van der Waals surface area (Å²) in [5, 5.41) is 21.5. The van der Waals surface area contributed by atoms with Crippen LogP contribution in [0.15, 0.2) is 94.6 Å². The Kier molecular flexibility index (Phi) is 6.69. The molecular formula is C31H32N2O5. The van der Waals surface area contributed by atoms with Gasteiger partial charge in [0.15, 0.2) is 5.72 Å². The molecule has 3 aromatic carbocycles. The van der Waals surface area contributed by atoms with Crippen LogP contribution in [0.4, 0.5) is 0 Å². The summed E-state index contributed by atoms with van der Waals surface area (Å²) in [6.07, 6.45) is -0.538. The normalized spacial score (nSPS) is 21.5. The Hall–Kier alpha value is -3.78. The Bertz CT molecular complexity index is 1530. The van der Waals surface area contributed by atoms with Crippen molar-refractivity contribution in [3.63, 3.8) is 0 Å². The SMILES string of the molecule is Cc1ccccc1C(c1ccccc1)(c1ccccc1C)[C@]1(n2cc(C)c(=O)[nH]c2=O)C[C@H](O)[C@@H](CO)O1. The van der Waals surface area contributed by atoms with Crippen molar-refractivity contribution >= 4 is 0 Å². The zero-order valence-corrected chi connectivity index (χ0v) is 21.7. The van der Waals surface area contributed by atoms with Crippen LogP contribution < -0.4 is 11.2 Å². The number of aliphatic hydroxyl groups is 2. The van der Waals surface area contributed by atoms with Crippen LogP contribution >= 0.6 is 0 Å². The number of hydrogen-bond acceptors (Lipinski definition) is 5. The summed E-state index contributed by atoms with van der Waals surface area (Å²) >= 11 is 0. The molecular weight excluding hydrogens is 480 g/mol. The van der Waals surface area contributed by atoms with Gasteiger partial charge in [-0.3, -0.25) is 14.3 Å². The van der Waals surface area contributed by atoms with E-state index in [0.29, 0.717) is 5.56 Å². The predicted molar refractivity (Wildman–Crippen MR) is 145 cm³/mol. The zero-order chi connectivity index (χ0) is 27.1. The molecule has 0 radical (unpaired) electrons. The van der Waals surface area contributed by atoms with Gasteiger partial charge in [-0.1, -0.05) is 78.9 Å². The van der Waals surface area contributed by atoms with E-state index in [0.717, 1.165) is 27.8 Å². The molecule has 4 aromatic rings. The van der Waals surface area contributed by atoms with Crippen LogP contribution in [0, 0.1) is 20.8 Å². The molecule has 0 bridgehead atoms. The van der Waals surface area contributed by atoms with Crippen molar-refractivity contribution in [1.82, 2.24) is 9.55 Å². The molecule has 2 heterocycles. The van der Waals surface area contributed by atoms with Crippen molar-refractivity contribution in [3.05, 3.63) is 139 Å². The summed E-state index contributed by atoms with van der Waals surface area (Å²) < 4.78 is 8.16. The van der Waals surface area contributed by atoms with E-state index in [9.17, 15) is 19.8 Å². The van der Waals surface area contributed by atoms with E-state index >= 15 is 0 Å². The van der Waals surface area contributed by atoms with Gasteiger partial charge in [-0.2, -0.15) is 0 Å². The lowest BCUT2D eigenvalue weighted by molar-refractivity contribution is -0.147. The highest BCUT2D eigenvalue weighted by atomic mass is 16.6. The Morgan fingerprint density at radius 3 is 1.97 bits per heavy atom. The van der Waals surface area contributed by atoms with Crippen LogP contribution in [0.2, 0.25) is 0 Å². The quantitative estimate of drug-likeness (QED) is 0.344. The van der Waals surface area contributed by atoms with Crippen molar-refractivity contribution < 1.29 is 14.9 Å². The van der Waals surface area contributed by atoms with E-state index in [-0.39, 0.29) is 6.42 Å². The summed E-state index contributed by atoms with van der Waals surface area (Å²) in [5.41, 5.74) is 0.942. The zero-order valence-electron chi connectivity index (χ0n) is 21.7. The molecule has 3 atom stereocenters. The summed E-state index contributed by atoms with van der Waals surface area (Å²) in [6, 6.07) is 25.6. The predicted octanol–water partition coefficient (Wildman–Crippen LogP) is 3.29. The van der Waals surface area contributed by atoms with Gasteiger partial charge in [0.1, 0.15) is 6.10 Å². The van der Waals surface area contributed by atoms with E-state index in [1.807, 2.05) is 92.7 Å². The first kappa shape index (κ1) is 25.9. The molecule has 7 heteroatoms. The van der Waals surface area contributed by atoms with Gasteiger partial charge in [-0.05, 0) is 48.6 Å². The Morgan fingerprint density at radius 1 is 0.895 bits per heavy atom. The molecule has 1 aliphatic heterocycles. The number of aliphatic hydroxyl groups excluding tert-OH is 2. The minimum absolute atomic E-state index is 0.0127. The van der Waals surface area contributed by atoms with Gasteiger partial charge in [-0.25, -0.2) is 4.79 Å². The largest absolute Gasteiger partial charge is 0.394 e. The summed E-state index contributed by atoms with van der Waals surface area (Å²) in [5.74, 6) is 0. The molecule has 0 amide bonds. The standard InChI is InChI=1S/C31H32N2O5/c1-20-11-7-9-15-24(20)31(23-13-5-4-6-14-23,25-16-10-8-12-21(25)2)30(17-26(35)27(19-34)38-30)33-18-22(3)28(36)32-29(33)37/h4-16,18,26-27,34-35H,17,19H2,1-3H3,(H,32,36,37)/t26-,27+,30-/m0/s1. The first-order valence-corrected chi connectivity index (χ1v) is 12.7. The maximum Gasteiger partial charge on any atom is 0.330 e. The number of hydrogen-bond donors (Lipinski definition) is 3. The molecule has 1 aliphatic rings. The fourth-order valence-corrected chi connectivity index (χ4v) is 6.14. The van der Waals surface area contributed by atoms with Crippen molar-refractivity contribution in [2.24, 2.45) is 0 Å². The summed E-state index contributed by atoms with van der Waals surface area (Å²) in [4.78, 5) is 28.6. The molecule has 38 heavy (non-hydrogen) atoms. The van der Waals surface area contributed by atoms with E-state index < -0.39 is 41.2 Å². The second kappa shape index (κ2) is 9.83. The Morgan fingerprint density at radius 2 is 1.45 bits per heavy atom. The maximum absolute atomic E-state index is 13.7. The second-order valence-corrected chi connectivity index (χ2v) is 10.1. The van der Waals surface area contributed by atoms with E-state index in [1.54, 1.807) is 6.92 Å². The number of H-pyrrole nitrogens is 1. The summed E-state index contributed by atoms with van der Waals surface area (Å²) in [7, 11) is 0. The van der Waals surface area contributed by atoms with Gasteiger partial charge >= 0.3 is 5.69 Å². The molecule has 1 aromatic heterocycles. The number of ether oxygens (including phenoxy) is 1. The van der Waals surface area contributed by atoms with Gasteiger partial charge in [0.25, 0.3) is 5.56 Å². The lowest BCUT2D eigenvalue weighted by Gasteiger charge is -2.51. The number of aryl methyl sites for hydroxylation is 3. The molecule has 1 saturated heterocycles. The van der Waals surface area contributed by atoms with Crippen molar-refractivity contribution in [2.75, 3.05) is 6.61 Å². The van der Waals surface area contributed by atoms with Crippen LogP contribution in [0.25, 0.3) is 0 Å². The lowest BCUT2D eigenvalue weighted by atomic mass is 9.59. The topological polar surface area (TPSA) is 105 Å². The van der Waals surface area contributed by atoms with Crippen molar-refractivity contribution in [3.8, 4) is 0 Å². The van der Waals surface area contributed by atoms with Crippen LogP contribution in [-0.4, -0.2) is 38.6 Å². The number of nitrogens with zero attached hydrogens (tertiary/aromatic N) is 1. The molecule has 0 spiro atoms. The van der Waals surface area contributed by atoms with Crippen LogP contribution in [0.1, 0.15) is 39.8 Å². The fourth-order valence-electron chi connectivity index (χ4n) is 6.14. The molecule has 7 nitrogen and oxygen atoms in total. The van der Waals surface area contributed by atoms with E-state index in [1.165, 1.54) is 10.8 Å². The average Bonchev–Trinajstić information content (AvgIpc) is 3.26. The second-order valence-electron chi connectivity index (χ2n) is 10.1. The minimum Gasteiger partial charge on any atom is -0.394 e. The molecule has 0 unspecified atom stereocenters. The van der Waals surface area contributed by atoms with Crippen LogP contribution in [-0.2, 0) is 15.9 Å². The van der Waals surface area contributed by atoms with Crippen LogP contribution in [0.5, 0.6) is 0 Å². The van der Waals surface area contributed by atoms with E-state index in [2.05, 4.69) is 4.98 Å². The summed E-state index contributed by atoms with van der Waals surface area (Å²) in [6.45, 7) is 5.21. The van der Waals surface area contributed by atoms with Gasteiger partial charge in [0.2, 0.25) is 0 Å². The number of nitrogens with one attached hydrogen (secondary N) is 1. The Balaban J connectivity index is 2.07. The average molecular weight is 513 g/mol. The number of rotatable bonds is 6. The molecule has 1 fully saturated rings. The molecule has 0 saturated carbocycles. The van der Waals surface area contributed by atoms with Gasteiger partial charge in [0, 0.05) is 18.2 Å². The molecule has 196 valence electrons. The third kappa shape index (κ3) is 3.77. The third-order valence-corrected chi connectivity index (χ3v) is 7.84. The first-order chi connectivity index (χ1) is 18.3. The van der Waals surface area contributed by atoms with Gasteiger partial charge in [0.05, 0.1) is 18.1 Å². The maximum atomic E-state index is 13.7. The number of benzene rings is 3. The van der Waals surface area contributed by atoms with E-state index in [4.69, 9.17) is 4.74 Å². The van der Waals surface area contributed by atoms with Gasteiger partial charge < -0.3 is 14.9 Å². The lowest BCUT2D eigenvalue weighted by Crippen LogP contribution is -2.59. The molecule has 5 rings (SSSR count). The number of aromatic amines is 1. The van der Waals surface area contributed by atoms with Crippen LogP contribution in [0.3, 0.4) is 0 Å². The highest BCUT2D eigenvalue weighted by Gasteiger charge is 2.64. The third-order valence-electron chi connectivity index (χ3n) is 7.84. The highest BCUT2D eigenvalue weighted by molar-refractivity contribution is 5.58. The van der Waals surface area contributed by atoms with Gasteiger partial charge in [-0.15, -0.1) is 0 Å². The smallest absolute Gasteiger partial charge is 0.330 e.